The number of rotatable bonds is 3. The summed E-state index contributed by atoms with van der Waals surface area (Å²) in [5.41, 5.74) is 3.83. The zero-order valence-corrected chi connectivity index (χ0v) is 12.4. The summed E-state index contributed by atoms with van der Waals surface area (Å²) in [5.74, 6) is -0.435. The number of methoxy groups -OCH3 is 1. The minimum absolute atomic E-state index is 0.380. The van der Waals surface area contributed by atoms with Crippen LogP contribution in [0.15, 0.2) is 54.9 Å². The Morgan fingerprint density at radius 2 is 1.95 bits per heavy atom. The second-order valence-electron chi connectivity index (χ2n) is 4.83. The average molecular weight is 293 g/mol. The summed E-state index contributed by atoms with van der Waals surface area (Å²) in [6.07, 6.45) is 3.13. The van der Waals surface area contributed by atoms with Crippen LogP contribution >= 0.6 is 0 Å². The van der Waals surface area contributed by atoms with Gasteiger partial charge in [0.25, 0.3) is 0 Å². The highest BCUT2D eigenvalue weighted by Crippen LogP contribution is 2.25. The van der Waals surface area contributed by atoms with Crippen molar-refractivity contribution in [2.24, 2.45) is 0 Å². The number of pyridine rings is 1. The van der Waals surface area contributed by atoms with Gasteiger partial charge in [-0.25, -0.2) is 9.48 Å². The number of aryl methyl sites for hydroxylation is 1. The van der Waals surface area contributed by atoms with E-state index in [0.717, 1.165) is 17.0 Å². The van der Waals surface area contributed by atoms with Crippen LogP contribution in [0.25, 0.3) is 16.9 Å². The van der Waals surface area contributed by atoms with Gasteiger partial charge in [-0.15, -0.1) is 0 Å². The first-order chi connectivity index (χ1) is 10.7. The van der Waals surface area contributed by atoms with Gasteiger partial charge in [0.05, 0.1) is 24.2 Å². The summed E-state index contributed by atoms with van der Waals surface area (Å²) >= 11 is 0. The van der Waals surface area contributed by atoms with Crippen molar-refractivity contribution in [3.63, 3.8) is 0 Å². The van der Waals surface area contributed by atoms with E-state index >= 15 is 0 Å². The molecule has 0 fully saturated rings. The van der Waals surface area contributed by atoms with Crippen molar-refractivity contribution in [2.45, 2.75) is 6.92 Å². The number of hydrogen-bond donors (Lipinski definition) is 0. The number of esters is 1. The molecule has 0 unspecified atom stereocenters. The lowest BCUT2D eigenvalue weighted by Gasteiger charge is -2.11. The first kappa shape index (κ1) is 14.0. The molecule has 0 aliphatic carbocycles. The number of hydrogen-bond acceptors (Lipinski definition) is 4. The number of carbonyl (C=O) groups excluding carboxylic acids is 1. The standard InChI is InChI=1S/C17H15N3O2/c1-12-10-16(13-6-4-3-5-7-13)20(19-12)15-8-9-18-11-14(15)17(21)22-2/h3-11H,1-2H3. The van der Waals surface area contributed by atoms with E-state index in [-0.39, 0.29) is 0 Å². The van der Waals surface area contributed by atoms with Crippen molar-refractivity contribution in [1.29, 1.82) is 0 Å². The quantitative estimate of drug-likeness (QED) is 0.696. The van der Waals surface area contributed by atoms with E-state index in [1.165, 1.54) is 13.3 Å². The van der Waals surface area contributed by atoms with Gasteiger partial charge in [-0.05, 0) is 19.1 Å². The van der Waals surface area contributed by atoms with Gasteiger partial charge < -0.3 is 4.74 Å². The van der Waals surface area contributed by atoms with E-state index in [0.29, 0.717) is 11.3 Å². The zero-order chi connectivity index (χ0) is 15.5. The van der Waals surface area contributed by atoms with Crippen LogP contribution in [0.4, 0.5) is 0 Å². The maximum absolute atomic E-state index is 12.0. The summed E-state index contributed by atoms with van der Waals surface area (Å²) in [5, 5.41) is 4.52. The van der Waals surface area contributed by atoms with Gasteiger partial charge in [-0.1, -0.05) is 30.3 Å². The molecular formula is C17H15N3O2. The SMILES string of the molecule is COC(=O)c1cnccc1-n1nc(C)cc1-c1ccccc1. The maximum atomic E-state index is 12.0. The van der Waals surface area contributed by atoms with Crippen LogP contribution < -0.4 is 0 Å². The molecule has 22 heavy (non-hydrogen) atoms. The van der Waals surface area contributed by atoms with Gasteiger partial charge in [0.1, 0.15) is 5.56 Å². The second-order valence-corrected chi connectivity index (χ2v) is 4.83. The van der Waals surface area contributed by atoms with E-state index in [2.05, 4.69) is 10.1 Å². The maximum Gasteiger partial charge on any atom is 0.341 e. The summed E-state index contributed by atoms with van der Waals surface area (Å²) in [6.45, 7) is 1.92. The zero-order valence-electron chi connectivity index (χ0n) is 12.4. The van der Waals surface area contributed by atoms with E-state index in [9.17, 15) is 4.79 Å². The third-order valence-corrected chi connectivity index (χ3v) is 3.33. The first-order valence-corrected chi connectivity index (χ1v) is 6.85. The highest BCUT2D eigenvalue weighted by molar-refractivity contribution is 5.93. The molecule has 0 saturated carbocycles. The lowest BCUT2D eigenvalue weighted by atomic mass is 10.1. The number of benzene rings is 1. The Bertz CT molecular complexity index is 810. The van der Waals surface area contributed by atoms with Crippen LogP contribution in [0.2, 0.25) is 0 Å². The average Bonchev–Trinajstić information content (AvgIpc) is 2.96. The largest absolute Gasteiger partial charge is 0.465 e. The van der Waals surface area contributed by atoms with E-state index in [4.69, 9.17) is 4.74 Å². The molecular weight excluding hydrogens is 278 g/mol. The van der Waals surface area contributed by atoms with Gasteiger partial charge in [-0.2, -0.15) is 5.10 Å². The number of ether oxygens (including phenoxy) is 1. The molecule has 0 bridgehead atoms. The molecule has 0 aliphatic rings. The number of nitrogens with zero attached hydrogens (tertiary/aromatic N) is 3. The molecule has 0 atom stereocenters. The number of aromatic nitrogens is 3. The fourth-order valence-corrected chi connectivity index (χ4v) is 2.34. The van der Waals surface area contributed by atoms with Gasteiger partial charge in [0.15, 0.2) is 0 Å². The fraction of sp³-hybridized carbons (Fsp3) is 0.118. The summed E-state index contributed by atoms with van der Waals surface area (Å²) in [6, 6.07) is 13.6. The molecule has 2 heterocycles. The lowest BCUT2D eigenvalue weighted by molar-refractivity contribution is 0.0600. The molecule has 0 N–H and O–H groups in total. The summed E-state index contributed by atoms with van der Waals surface area (Å²) < 4.78 is 6.58. The highest BCUT2D eigenvalue weighted by atomic mass is 16.5. The minimum Gasteiger partial charge on any atom is -0.465 e. The monoisotopic (exact) mass is 293 g/mol. The van der Waals surface area contributed by atoms with E-state index < -0.39 is 5.97 Å². The van der Waals surface area contributed by atoms with Crippen LogP contribution in [0.3, 0.4) is 0 Å². The normalized spacial score (nSPS) is 10.5. The molecule has 0 spiro atoms. The Balaban J connectivity index is 2.21. The fourth-order valence-electron chi connectivity index (χ4n) is 2.34. The Labute approximate surface area is 128 Å². The predicted molar refractivity (Wildman–Crippen MR) is 82.9 cm³/mol. The van der Waals surface area contributed by atoms with Crippen molar-refractivity contribution in [3.05, 3.63) is 66.1 Å². The molecule has 3 rings (SSSR count). The Hall–Kier alpha value is -2.95. The Kier molecular flexibility index (Phi) is 3.70. The van der Waals surface area contributed by atoms with Gasteiger partial charge in [0.2, 0.25) is 0 Å². The molecule has 1 aromatic carbocycles. The molecule has 5 nitrogen and oxygen atoms in total. The van der Waals surface area contributed by atoms with Crippen molar-refractivity contribution < 1.29 is 9.53 Å². The number of carbonyl (C=O) groups is 1. The molecule has 5 heteroatoms. The molecule has 2 aromatic heterocycles. The highest BCUT2D eigenvalue weighted by Gasteiger charge is 2.17. The molecule has 0 saturated heterocycles. The van der Waals surface area contributed by atoms with Crippen LogP contribution in [-0.2, 0) is 4.74 Å². The van der Waals surface area contributed by atoms with Crippen molar-refractivity contribution >= 4 is 5.97 Å². The third kappa shape index (κ3) is 2.48. The lowest BCUT2D eigenvalue weighted by Crippen LogP contribution is -2.10. The van der Waals surface area contributed by atoms with Crippen molar-refractivity contribution in [1.82, 2.24) is 14.8 Å². The minimum atomic E-state index is -0.435. The summed E-state index contributed by atoms with van der Waals surface area (Å²) in [7, 11) is 1.35. The van der Waals surface area contributed by atoms with Crippen LogP contribution in [0.5, 0.6) is 0 Å². The van der Waals surface area contributed by atoms with Gasteiger partial charge in [-0.3, -0.25) is 4.98 Å². The predicted octanol–water partition coefficient (Wildman–Crippen LogP) is 3.03. The first-order valence-electron chi connectivity index (χ1n) is 6.85. The van der Waals surface area contributed by atoms with Crippen molar-refractivity contribution in [3.8, 4) is 16.9 Å². The molecule has 0 amide bonds. The van der Waals surface area contributed by atoms with Crippen LogP contribution in [0, 0.1) is 6.92 Å². The molecule has 0 aliphatic heterocycles. The smallest absolute Gasteiger partial charge is 0.341 e. The third-order valence-electron chi connectivity index (χ3n) is 3.33. The Morgan fingerprint density at radius 1 is 1.18 bits per heavy atom. The van der Waals surface area contributed by atoms with Crippen LogP contribution in [-0.4, -0.2) is 27.8 Å². The van der Waals surface area contributed by atoms with E-state index in [1.807, 2.05) is 43.3 Å². The molecule has 0 radical (unpaired) electrons. The molecule has 3 aromatic rings. The van der Waals surface area contributed by atoms with Crippen LogP contribution in [0.1, 0.15) is 16.1 Å². The second kappa shape index (κ2) is 5.81. The summed E-state index contributed by atoms with van der Waals surface area (Å²) in [4.78, 5) is 16.0. The van der Waals surface area contributed by atoms with Gasteiger partial charge in [0, 0.05) is 18.0 Å². The van der Waals surface area contributed by atoms with Gasteiger partial charge >= 0.3 is 5.97 Å². The van der Waals surface area contributed by atoms with E-state index in [1.54, 1.807) is 16.9 Å². The molecule has 110 valence electrons. The Morgan fingerprint density at radius 3 is 2.68 bits per heavy atom. The topological polar surface area (TPSA) is 57.0 Å². The van der Waals surface area contributed by atoms with Crippen molar-refractivity contribution in [2.75, 3.05) is 7.11 Å².